The average molecular weight is 289 g/mol. The monoisotopic (exact) mass is 289 g/mol. The first kappa shape index (κ1) is 14.6. The second kappa shape index (κ2) is 5.79. The Morgan fingerprint density at radius 2 is 1.86 bits per heavy atom. The molecule has 1 aliphatic heterocycles. The highest BCUT2D eigenvalue weighted by molar-refractivity contribution is 5.57. The molecule has 0 amide bonds. The highest BCUT2D eigenvalue weighted by Crippen LogP contribution is 2.39. The lowest BCUT2D eigenvalue weighted by molar-refractivity contribution is 0.192. The quantitative estimate of drug-likeness (QED) is 0.920. The lowest BCUT2D eigenvalue weighted by Crippen LogP contribution is -2.50. The summed E-state index contributed by atoms with van der Waals surface area (Å²) in [5.74, 6) is 3.23. The molecule has 0 spiro atoms. The molecule has 1 aliphatic carbocycles. The van der Waals surface area contributed by atoms with Gasteiger partial charge in [-0.25, -0.2) is 9.97 Å². The van der Waals surface area contributed by atoms with Crippen LogP contribution >= 0.6 is 0 Å². The predicted octanol–water partition coefficient (Wildman–Crippen LogP) is 2.17. The average Bonchev–Trinajstić information content (AvgIpc) is 3.34. The summed E-state index contributed by atoms with van der Waals surface area (Å²) in [5, 5.41) is 0. The molecule has 2 aliphatic rings. The van der Waals surface area contributed by atoms with Crippen LogP contribution in [0.1, 0.15) is 50.4 Å². The molecule has 1 atom stereocenters. The van der Waals surface area contributed by atoms with Crippen LogP contribution in [0.25, 0.3) is 0 Å². The Labute approximate surface area is 127 Å². The van der Waals surface area contributed by atoms with E-state index in [1.807, 2.05) is 6.92 Å². The van der Waals surface area contributed by atoms with Crippen LogP contribution in [0.15, 0.2) is 0 Å². The third-order valence-corrected chi connectivity index (χ3v) is 4.95. The van der Waals surface area contributed by atoms with E-state index in [-0.39, 0.29) is 0 Å². The van der Waals surface area contributed by atoms with E-state index in [1.54, 1.807) is 0 Å². The number of anilines is 2. The van der Waals surface area contributed by atoms with Crippen molar-refractivity contribution in [2.75, 3.05) is 36.8 Å². The van der Waals surface area contributed by atoms with Gasteiger partial charge in [0.05, 0.1) is 0 Å². The first-order chi connectivity index (χ1) is 10.1. The second-order valence-corrected chi connectivity index (χ2v) is 6.47. The second-order valence-electron chi connectivity index (χ2n) is 6.47. The molecule has 0 radical (unpaired) electrons. The van der Waals surface area contributed by atoms with Gasteiger partial charge in [0.2, 0.25) is 0 Å². The Balaban J connectivity index is 1.75. The van der Waals surface area contributed by atoms with Crippen molar-refractivity contribution >= 4 is 11.6 Å². The molecule has 2 fully saturated rings. The number of hydrogen-bond donors (Lipinski definition) is 1. The minimum absolute atomic E-state index is 0.549. The largest absolute Gasteiger partial charge is 0.383 e. The number of piperazine rings is 1. The van der Waals surface area contributed by atoms with Crippen molar-refractivity contribution < 1.29 is 0 Å². The van der Waals surface area contributed by atoms with E-state index < -0.39 is 0 Å². The highest BCUT2D eigenvalue weighted by atomic mass is 15.3. The summed E-state index contributed by atoms with van der Waals surface area (Å²) >= 11 is 0. The van der Waals surface area contributed by atoms with Crippen LogP contribution < -0.4 is 10.6 Å². The van der Waals surface area contributed by atoms with Crippen LogP contribution in [-0.4, -0.2) is 47.1 Å². The maximum absolute atomic E-state index is 6.10. The maximum atomic E-state index is 6.10. The number of nitrogen functional groups attached to an aromatic ring is 1. The Kier molecular flexibility index (Phi) is 4.02. The van der Waals surface area contributed by atoms with E-state index in [1.165, 1.54) is 19.3 Å². The fourth-order valence-electron chi connectivity index (χ4n) is 3.00. The van der Waals surface area contributed by atoms with Crippen molar-refractivity contribution in [1.82, 2.24) is 14.9 Å². The summed E-state index contributed by atoms with van der Waals surface area (Å²) < 4.78 is 0. The summed E-state index contributed by atoms with van der Waals surface area (Å²) in [6.07, 6.45) is 3.64. The maximum Gasteiger partial charge on any atom is 0.137 e. The lowest BCUT2D eigenvalue weighted by Gasteiger charge is -2.39. The summed E-state index contributed by atoms with van der Waals surface area (Å²) in [6, 6.07) is 0.672. The first-order valence-electron chi connectivity index (χ1n) is 8.23. The summed E-state index contributed by atoms with van der Waals surface area (Å²) in [6.45, 7) is 10.9. The van der Waals surface area contributed by atoms with Gasteiger partial charge in [0.25, 0.3) is 0 Å². The highest BCUT2D eigenvalue weighted by Gasteiger charge is 2.29. The van der Waals surface area contributed by atoms with Gasteiger partial charge in [-0.3, -0.25) is 4.90 Å². The molecular weight excluding hydrogens is 262 g/mol. The normalized spacial score (nSPS) is 21.6. The topological polar surface area (TPSA) is 58.3 Å². The van der Waals surface area contributed by atoms with E-state index >= 15 is 0 Å². The van der Waals surface area contributed by atoms with Gasteiger partial charge in [0.15, 0.2) is 0 Å². The molecule has 1 aromatic rings. The Hall–Kier alpha value is -1.36. The molecule has 1 aromatic heterocycles. The molecular formula is C16H27N5. The van der Waals surface area contributed by atoms with Gasteiger partial charge >= 0.3 is 0 Å². The SMILES string of the molecule is CCC(C)N1CCN(c2nc(C3CC3)nc(N)c2C)CC1. The van der Waals surface area contributed by atoms with Gasteiger partial charge < -0.3 is 10.6 Å². The van der Waals surface area contributed by atoms with Crippen LogP contribution in [0, 0.1) is 6.92 Å². The molecule has 3 rings (SSSR count). The predicted molar refractivity (Wildman–Crippen MR) is 86.7 cm³/mol. The summed E-state index contributed by atoms with van der Waals surface area (Å²) in [7, 11) is 0. The van der Waals surface area contributed by atoms with Crippen molar-refractivity contribution in [1.29, 1.82) is 0 Å². The number of nitrogens with zero attached hydrogens (tertiary/aromatic N) is 4. The zero-order chi connectivity index (χ0) is 15.0. The fraction of sp³-hybridized carbons (Fsp3) is 0.750. The smallest absolute Gasteiger partial charge is 0.137 e. The van der Waals surface area contributed by atoms with E-state index in [0.717, 1.165) is 43.4 Å². The van der Waals surface area contributed by atoms with Crippen LogP contribution in [0.4, 0.5) is 11.6 Å². The molecule has 116 valence electrons. The van der Waals surface area contributed by atoms with Gasteiger partial charge in [0, 0.05) is 43.7 Å². The van der Waals surface area contributed by atoms with Gasteiger partial charge in [-0.15, -0.1) is 0 Å². The van der Waals surface area contributed by atoms with Gasteiger partial charge in [-0.05, 0) is 33.1 Å². The molecule has 2 N–H and O–H groups in total. The lowest BCUT2D eigenvalue weighted by atomic mass is 10.1. The minimum atomic E-state index is 0.549. The van der Waals surface area contributed by atoms with Crippen LogP contribution in [-0.2, 0) is 0 Å². The molecule has 0 bridgehead atoms. The summed E-state index contributed by atoms with van der Waals surface area (Å²) in [5.41, 5.74) is 7.14. The molecule has 5 heteroatoms. The third kappa shape index (κ3) is 2.98. The van der Waals surface area contributed by atoms with Crippen LogP contribution in [0.3, 0.4) is 0 Å². The summed E-state index contributed by atoms with van der Waals surface area (Å²) in [4.78, 5) is 14.3. The number of nitrogens with two attached hydrogens (primary N) is 1. The molecule has 1 unspecified atom stereocenters. The Morgan fingerprint density at radius 1 is 1.19 bits per heavy atom. The molecule has 1 saturated heterocycles. The zero-order valence-electron chi connectivity index (χ0n) is 13.5. The minimum Gasteiger partial charge on any atom is -0.383 e. The molecule has 21 heavy (non-hydrogen) atoms. The van der Waals surface area contributed by atoms with Gasteiger partial charge in [-0.2, -0.15) is 0 Å². The number of hydrogen-bond acceptors (Lipinski definition) is 5. The third-order valence-electron chi connectivity index (χ3n) is 4.95. The zero-order valence-corrected chi connectivity index (χ0v) is 13.5. The van der Waals surface area contributed by atoms with Crippen molar-refractivity contribution in [2.45, 2.75) is 52.0 Å². The van der Waals surface area contributed by atoms with Crippen molar-refractivity contribution in [3.05, 3.63) is 11.4 Å². The molecule has 2 heterocycles. The van der Waals surface area contributed by atoms with Gasteiger partial charge in [-0.1, -0.05) is 6.92 Å². The Bertz CT molecular complexity index is 504. The van der Waals surface area contributed by atoms with E-state index in [9.17, 15) is 0 Å². The van der Waals surface area contributed by atoms with Crippen molar-refractivity contribution in [3.63, 3.8) is 0 Å². The van der Waals surface area contributed by atoms with Gasteiger partial charge in [0.1, 0.15) is 17.5 Å². The Morgan fingerprint density at radius 3 is 2.43 bits per heavy atom. The molecule has 5 nitrogen and oxygen atoms in total. The van der Waals surface area contributed by atoms with Crippen molar-refractivity contribution in [2.24, 2.45) is 0 Å². The fourth-order valence-corrected chi connectivity index (χ4v) is 3.00. The van der Waals surface area contributed by atoms with E-state index in [0.29, 0.717) is 17.8 Å². The van der Waals surface area contributed by atoms with E-state index in [2.05, 4.69) is 28.6 Å². The number of aromatic nitrogens is 2. The molecule has 1 saturated carbocycles. The number of rotatable bonds is 4. The van der Waals surface area contributed by atoms with E-state index in [4.69, 9.17) is 10.7 Å². The molecule has 0 aromatic carbocycles. The van der Waals surface area contributed by atoms with Crippen LogP contribution in [0.2, 0.25) is 0 Å². The first-order valence-corrected chi connectivity index (χ1v) is 8.23. The van der Waals surface area contributed by atoms with Crippen LogP contribution in [0.5, 0.6) is 0 Å². The van der Waals surface area contributed by atoms with Crippen molar-refractivity contribution in [3.8, 4) is 0 Å². The standard InChI is InChI=1S/C16H27N5/c1-4-11(2)20-7-9-21(10-8-20)16-12(3)14(17)18-15(19-16)13-5-6-13/h11,13H,4-10H2,1-3H3,(H2,17,18,19).